The fourth-order valence-corrected chi connectivity index (χ4v) is 6.39. The molecule has 0 N–H and O–H groups in total. The zero-order valence-electron chi connectivity index (χ0n) is 37.3. The summed E-state index contributed by atoms with van der Waals surface area (Å²) < 4.78 is 16.7. The molecule has 0 fully saturated rings. The van der Waals surface area contributed by atoms with Crippen LogP contribution in [0.25, 0.3) is 0 Å². The fraction of sp³-hybridized carbons (Fsp3) is 0.745. The first-order chi connectivity index (χ1) is 28.0. The van der Waals surface area contributed by atoms with E-state index in [9.17, 15) is 14.4 Å². The fourth-order valence-electron chi connectivity index (χ4n) is 6.39. The van der Waals surface area contributed by atoms with Crippen LogP contribution in [0.1, 0.15) is 226 Å². The highest BCUT2D eigenvalue weighted by Crippen LogP contribution is 2.13. The van der Waals surface area contributed by atoms with Gasteiger partial charge in [0.15, 0.2) is 6.10 Å². The van der Waals surface area contributed by atoms with E-state index in [4.69, 9.17) is 14.2 Å². The predicted molar refractivity (Wildman–Crippen MR) is 242 cm³/mol. The molecule has 1 unspecified atom stereocenters. The molecule has 0 aromatic heterocycles. The molecule has 0 aliphatic heterocycles. The van der Waals surface area contributed by atoms with Gasteiger partial charge in [-0.25, -0.2) is 0 Å². The number of esters is 3. The summed E-state index contributed by atoms with van der Waals surface area (Å²) in [5, 5.41) is 0. The molecule has 0 aromatic carbocycles. The number of hydrogen-bond donors (Lipinski definition) is 0. The van der Waals surface area contributed by atoms with Gasteiger partial charge in [0.1, 0.15) is 13.2 Å². The average molecular weight is 797 g/mol. The maximum absolute atomic E-state index is 12.7. The monoisotopic (exact) mass is 797 g/mol. The topological polar surface area (TPSA) is 78.9 Å². The van der Waals surface area contributed by atoms with E-state index < -0.39 is 6.10 Å². The standard InChI is InChI=1S/C51H88O6/c1-4-7-10-13-16-19-22-24-26-28-29-32-35-38-41-44-50(53)56-47-48(46-55-49(52)43-40-37-34-31-21-18-15-12-9-6-3)57-51(54)45-42-39-36-33-30-27-25-23-20-17-14-11-8-5-2/h7,10,12,15-16,19,23-26,48H,4-6,8-9,11,13-14,17-18,20-22,27-47H2,1-3H3/b10-7-,15-12-,19-16-,25-23-,26-24-. The lowest BCUT2D eigenvalue weighted by atomic mass is 10.1. The van der Waals surface area contributed by atoms with Gasteiger partial charge in [-0.3, -0.25) is 14.4 Å². The van der Waals surface area contributed by atoms with Gasteiger partial charge in [0.05, 0.1) is 0 Å². The minimum atomic E-state index is -0.786. The normalized spacial score (nSPS) is 12.5. The van der Waals surface area contributed by atoms with E-state index in [1.165, 1.54) is 64.2 Å². The Morgan fingerprint density at radius 1 is 0.368 bits per heavy atom. The molecule has 0 radical (unpaired) electrons. The van der Waals surface area contributed by atoms with Crippen LogP contribution in [0.15, 0.2) is 60.8 Å². The maximum Gasteiger partial charge on any atom is 0.306 e. The molecule has 1 atom stereocenters. The first kappa shape index (κ1) is 54.1. The minimum absolute atomic E-state index is 0.0881. The van der Waals surface area contributed by atoms with Gasteiger partial charge in [-0.2, -0.15) is 0 Å². The Balaban J connectivity index is 4.41. The van der Waals surface area contributed by atoms with Crippen LogP contribution in [0.5, 0.6) is 0 Å². The van der Waals surface area contributed by atoms with Gasteiger partial charge in [0, 0.05) is 19.3 Å². The third-order valence-electron chi connectivity index (χ3n) is 9.96. The lowest BCUT2D eigenvalue weighted by Gasteiger charge is -2.18. The third-order valence-corrected chi connectivity index (χ3v) is 9.96. The lowest BCUT2D eigenvalue weighted by molar-refractivity contribution is -0.167. The number of hydrogen-bond acceptors (Lipinski definition) is 6. The summed E-state index contributed by atoms with van der Waals surface area (Å²) in [5.74, 6) is -0.926. The molecule has 6 nitrogen and oxygen atoms in total. The highest BCUT2D eigenvalue weighted by molar-refractivity contribution is 5.71. The second-order valence-corrected chi connectivity index (χ2v) is 15.6. The summed E-state index contributed by atoms with van der Waals surface area (Å²) in [7, 11) is 0. The van der Waals surface area contributed by atoms with Crippen molar-refractivity contribution in [2.75, 3.05) is 13.2 Å². The van der Waals surface area contributed by atoms with Gasteiger partial charge in [-0.15, -0.1) is 0 Å². The van der Waals surface area contributed by atoms with E-state index in [1.54, 1.807) is 0 Å². The van der Waals surface area contributed by atoms with Crippen molar-refractivity contribution in [3.05, 3.63) is 60.8 Å². The van der Waals surface area contributed by atoms with Crippen molar-refractivity contribution in [1.29, 1.82) is 0 Å². The average Bonchev–Trinajstić information content (AvgIpc) is 3.21. The van der Waals surface area contributed by atoms with Gasteiger partial charge in [0.25, 0.3) is 0 Å². The Kier molecular flexibility index (Phi) is 43.5. The smallest absolute Gasteiger partial charge is 0.306 e. The molecule has 0 saturated carbocycles. The molecule has 0 aromatic rings. The van der Waals surface area contributed by atoms with Gasteiger partial charge >= 0.3 is 17.9 Å². The first-order valence-electron chi connectivity index (χ1n) is 23.8. The molecule has 0 spiro atoms. The summed E-state index contributed by atoms with van der Waals surface area (Å²) in [6, 6.07) is 0. The largest absolute Gasteiger partial charge is 0.462 e. The molecule has 0 rings (SSSR count). The van der Waals surface area contributed by atoms with E-state index in [-0.39, 0.29) is 31.1 Å². The SMILES string of the molecule is CC/C=C\C/C=C\C/C=C\CCCCCCCC(=O)OCC(COC(=O)CCCCCCC/C=C\CCC)OC(=O)CCCCCCC/C=C\CCCCCCC. The van der Waals surface area contributed by atoms with Crippen LogP contribution in [-0.4, -0.2) is 37.2 Å². The lowest BCUT2D eigenvalue weighted by Crippen LogP contribution is -2.30. The number of carbonyl (C=O) groups excluding carboxylic acids is 3. The number of unbranched alkanes of at least 4 members (excludes halogenated alkanes) is 21. The van der Waals surface area contributed by atoms with E-state index in [0.717, 1.165) is 122 Å². The van der Waals surface area contributed by atoms with Crippen LogP contribution in [-0.2, 0) is 28.6 Å². The Labute approximate surface area is 351 Å². The van der Waals surface area contributed by atoms with Crippen molar-refractivity contribution < 1.29 is 28.6 Å². The molecule has 0 aliphatic carbocycles. The summed E-state index contributed by atoms with van der Waals surface area (Å²) in [6.45, 7) is 6.42. The number of carbonyl (C=O) groups is 3. The van der Waals surface area contributed by atoms with Crippen molar-refractivity contribution in [2.24, 2.45) is 0 Å². The van der Waals surface area contributed by atoms with E-state index >= 15 is 0 Å². The second kappa shape index (κ2) is 45.8. The third kappa shape index (κ3) is 44.1. The van der Waals surface area contributed by atoms with Crippen LogP contribution in [0.4, 0.5) is 0 Å². The number of rotatable bonds is 42. The number of allylic oxidation sites excluding steroid dienone is 10. The molecule has 0 aliphatic rings. The number of ether oxygens (including phenoxy) is 3. The highest BCUT2D eigenvalue weighted by Gasteiger charge is 2.19. The predicted octanol–water partition coefficient (Wildman–Crippen LogP) is 15.3. The van der Waals surface area contributed by atoms with Crippen LogP contribution in [0.2, 0.25) is 0 Å². The van der Waals surface area contributed by atoms with Crippen molar-refractivity contribution in [1.82, 2.24) is 0 Å². The van der Waals surface area contributed by atoms with Gasteiger partial charge in [0.2, 0.25) is 0 Å². The van der Waals surface area contributed by atoms with E-state index in [1.807, 2.05) is 0 Å². The van der Waals surface area contributed by atoms with Crippen molar-refractivity contribution >= 4 is 17.9 Å². The second-order valence-electron chi connectivity index (χ2n) is 15.6. The van der Waals surface area contributed by atoms with Gasteiger partial charge in [-0.05, 0) is 96.3 Å². The molecule has 0 bridgehead atoms. The summed E-state index contributed by atoms with van der Waals surface area (Å²) >= 11 is 0. The summed E-state index contributed by atoms with van der Waals surface area (Å²) in [4.78, 5) is 37.8. The van der Waals surface area contributed by atoms with Gasteiger partial charge < -0.3 is 14.2 Å². The Morgan fingerprint density at radius 3 is 1.16 bits per heavy atom. The zero-order chi connectivity index (χ0) is 41.5. The molecule has 328 valence electrons. The summed E-state index contributed by atoms with van der Waals surface area (Å²) in [5.41, 5.74) is 0. The van der Waals surface area contributed by atoms with Crippen molar-refractivity contribution in [2.45, 2.75) is 232 Å². The quantitative estimate of drug-likeness (QED) is 0.0265. The van der Waals surface area contributed by atoms with E-state index in [0.29, 0.717) is 19.3 Å². The minimum Gasteiger partial charge on any atom is -0.462 e. The molecule has 6 heteroatoms. The Bertz CT molecular complexity index is 1050. The first-order valence-corrected chi connectivity index (χ1v) is 23.8. The zero-order valence-corrected chi connectivity index (χ0v) is 37.3. The van der Waals surface area contributed by atoms with Crippen molar-refractivity contribution in [3.63, 3.8) is 0 Å². The Hall–Kier alpha value is -2.89. The highest BCUT2D eigenvalue weighted by atomic mass is 16.6. The molecule has 0 heterocycles. The summed E-state index contributed by atoms with van der Waals surface area (Å²) in [6.07, 6.45) is 54.9. The molecular weight excluding hydrogens is 709 g/mol. The van der Waals surface area contributed by atoms with Crippen LogP contribution in [0.3, 0.4) is 0 Å². The van der Waals surface area contributed by atoms with E-state index in [2.05, 4.69) is 81.5 Å². The van der Waals surface area contributed by atoms with Crippen LogP contribution >= 0.6 is 0 Å². The van der Waals surface area contributed by atoms with Gasteiger partial charge in [-0.1, -0.05) is 171 Å². The van der Waals surface area contributed by atoms with Crippen molar-refractivity contribution in [3.8, 4) is 0 Å². The molecular formula is C51H88O6. The molecule has 0 saturated heterocycles. The Morgan fingerprint density at radius 2 is 0.719 bits per heavy atom. The maximum atomic E-state index is 12.7. The van der Waals surface area contributed by atoms with Crippen LogP contribution in [0, 0.1) is 0 Å². The molecule has 0 amide bonds. The van der Waals surface area contributed by atoms with Crippen LogP contribution < -0.4 is 0 Å². The molecule has 57 heavy (non-hydrogen) atoms.